The SMILES string of the molecule is CN(Cc1ccccc1)c1ncnc2c1CN1[C@H](CCCS1(=O)=O)CN2. The van der Waals surface area contributed by atoms with Crippen molar-refractivity contribution in [2.45, 2.75) is 32.0 Å². The summed E-state index contributed by atoms with van der Waals surface area (Å²) in [5.74, 6) is 1.73. The number of nitrogens with zero attached hydrogens (tertiary/aromatic N) is 4. The van der Waals surface area contributed by atoms with Gasteiger partial charge < -0.3 is 10.2 Å². The van der Waals surface area contributed by atoms with Gasteiger partial charge >= 0.3 is 0 Å². The molecule has 0 spiro atoms. The van der Waals surface area contributed by atoms with Crippen LogP contribution in [0.15, 0.2) is 36.7 Å². The number of sulfonamides is 1. The summed E-state index contributed by atoms with van der Waals surface area (Å²) in [6, 6.07) is 10.1. The number of rotatable bonds is 3. The van der Waals surface area contributed by atoms with E-state index in [2.05, 4.69) is 32.3 Å². The van der Waals surface area contributed by atoms with Crippen LogP contribution < -0.4 is 10.2 Å². The second-order valence-corrected chi connectivity index (χ2v) is 8.95. The Hall–Kier alpha value is -2.19. The van der Waals surface area contributed by atoms with Crippen LogP contribution in [0.25, 0.3) is 0 Å². The summed E-state index contributed by atoms with van der Waals surface area (Å²) in [5, 5.41) is 3.34. The molecule has 0 bridgehead atoms. The van der Waals surface area contributed by atoms with Crippen LogP contribution in [-0.2, 0) is 23.1 Å². The van der Waals surface area contributed by atoms with Crippen LogP contribution in [0.3, 0.4) is 0 Å². The largest absolute Gasteiger partial charge is 0.368 e. The van der Waals surface area contributed by atoms with Gasteiger partial charge in [-0.25, -0.2) is 18.4 Å². The zero-order valence-corrected chi connectivity index (χ0v) is 15.6. The van der Waals surface area contributed by atoms with Gasteiger partial charge in [0.25, 0.3) is 0 Å². The second kappa shape index (κ2) is 6.85. The summed E-state index contributed by atoms with van der Waals surface area (Å²) in [6.45, 7) is 1.61. The lowest BCUT2D eigenvalue weighted by Crippen LogP contribution is -2.46. The molecule has 26 heavy (non-hydrogen) atoms. The Labute approximate surface area is 154 Å². The molecule has 0 unspecified atom stereocenters. The average Bonchev–Trinajstić information content (AvgIpc) is 2.83. The minimum Gasteiger partial charge on any atom is -0.368 e. The normalized spacial score (nSPS) is 21.8. The quantitative estimate of drug-likeness (QED) is 0.884. The lowest BCUT2D eigenvalue weighted by atomic mass is 10.1. The Morgan fingerprint density at radius 3 is 2.88 bits per heavy atom. The highest BCUT2D eigenvalue weighted by molar-refractivity contribution is 7.89. The molecular weight excluding hydrogens is 350 g/mol. The molecule has 8 heteroatoms. The van der Waals surface area contributed by atoms with E-state index in [0.717, 1.165) is 23.6 Å². The third-order valence-electron chi connectivity index (χ3n) is 5.07. The molecule has 3 heterocycles. The summed E-state index contributed by atoms with van der Waals surface area (Å²) in [6.07, 6.45) is 3.14. The summed E-state index contributed by atoms with van der Waals surface area (Å²) < 4.78 is 26.8. The number of anilines is 2. The molecule has 0 amide bonds. The van der Waals surface area contributed by atoms with Gasteiger partial charge in [0.05, 0.1) is 11.3 Å². The molecule has 4 rings (SSSR count). The molecule has 2 aliphatic rings. The van der Waals surface area contributed by atoms with E-state index < -0.39 is 10.0 Å². The van der Waals surface area contributed by atoms with Crippen LogP contribution in [0.5, 0.6) is 0 Å². The van der Waals surface area contributed by atoms with Crippen LogP contribution >= 0.6 is 0 Å². The fourth-order valence-corrected chi connectivity index (χ4v) is 5.48. The smallest absolute Gasteiger partial charge is 0.214 e. The maximum atomic E-state index is 12.6. The number of nitrogens with one attached hydrogen (secondary N) is 1. The predicted octanol–water partition coefficient (Wildman–Crippen LogP) is 1.83. The Morgan fingerprint density at radius 2 is 2.08 bits per heavy atom. The summed E-state index contributed by atoms with van der Waals surface area (Å²) in [5.41, 5.74) is 2.02. The standard InChI is InChI=1S/C18H23N5O2S/c1-22(11-14-6-3-2-4-7-14)18-16-12-23-15(8-5-9-26(23,24)25)10-19-17(16)20-13-21-18/h2-4,6-7,13,15H,5,8-12H2,1H3,(H,19,20,21)/t15-/m1/s1. The molecule has 2 aliphatic heterocycles. The minimum atomic E-state index is -3.23. The molecule has 1 aromatic carbocycles. The predicted molar refractivity (Wildman–Crippen MR) is 101 cm³/mol. The highest BCUT2D eigenvalue weighted by Crippen LogP contribution is 2.32. The van der Waals surface area contributed by atoms with Gasteiger partial charge in [-0.2, -0.15) is 4.31 Å². The monoisotopic (exact) mass is 373 g/mol. The third kappa shape index (κ3) is 3.26. The van der Waals surface area contributed by atoms with E-state index in [1.54, 1.807) is 10.6 Å². The van der Waals surface area contributed by atoms with Crippen molar-refractivity contribution < 1.29 is 8.42 Å². The summed E-state index contributed by atoms with van der Waals surface area (Å²) in [7, 11) is -1.26. The van der Waals surface area contributed by atoms with Crippen molar-refractivity contribution in [1.82, 2.24) is 14.3 Å². The van der Waals surface area contributed by atoms with E-state index in [4.69, 9.17) is 0 Å². The van der Waals surface area contributed by atoms with Crippen LogP contribution in [0.1, 0.15) is 24.0 Å². The minimum absolute atomic E-state index is 0.0183. The van der Waals surface area contributed by atoms with Gasteiger partial charge in [-0.05, 0) is 18.4 Å². The molecule has 1 aromatic heterocycles. The Morgan fingerprint density at radius 1 is 1.27 bits per heavy atom. The van der Waals surface area contributed by atoms with Crippen molar-refractivity contribution in [3.05, 3.63) is 47.8 Å². The van der Waals surface area contributed by atoms with Crippen LogP contribution in [0.4, 0.5) is 11.6 Å². The van der Waals surface area contributed by atoms with E-state index >= 15 is 0 Å². The summed E-state index contributed by atoms with van der Waals surface area (Å²) in [4.78, 5) is 10.9. The molecule has 0 saturated carbocycles. The Kier molecular flexibility index (Phi) is 4.54. The molecule has 1 fully saturated rings. The number of hydrogen-bond acceptors (Lipinski definition) is 6. The lowest BCUT2D eigenvalue weighted by molar-refractivity contribution is 0.294. The van der Waals surface area contributed by atoms with Crippen LogP contribution in [0.2, 0.25) is 0 Å². The number of benzene rings is 1. The van der Waals surface area contributed by atoms with E-state index in [1.165, 1.54) is 5.56 Å². The molecule has 0 aliphatic carbocycles. The molecular formula is C18H23N5O2S. The molecule has 1 saturated heterocycles. The molecule has 0 radical (unpaired) electrons. The number of aromatic nitrogens is 2. The van der Waals surface area contributed by atoms with Gasteiger partial charge in [-0.1, -0.05) is 30.3 Å². The van der Waals surface area contributed by atoms with Crippen molar-refractivity contribution in [1.29, 1.82) is 0 Å². The first kappa shape index (κ1) is 17.2. The first-order chi connectivity index (χ1) is 12.5. The van der Waals surface area contributed by atoms with Gasteiger partial charge in [0.2, 0.25) is 10.0 Å². The Bertz CT molecular complexity index is 888. The van der Waals surface area contributed by atoms with Crippen molar-refractivity contribution in [2.24, 2.45) is 0 Å². The van der Waals surface area contributed by atoms with Crippen molar-refractivity contribution in [3.63, 3.8) is 0 Å². The van der Waals surface area contributed by atoms with Crippen LogP contribution in [0, 0.1) is 0 Å². The van der Waals surface area contributed by atoms with Gasteiger partial charge in [0.1, 0.15) is 18.0 Å². The van der Waals surface area contributed by atoms with Crippen molar-refractivity contribution in [2.75, 3.05) is 29.6 Å². The zero-order chi connectivity index (χ0) is 18.1. The highest BCUT2D eigenvalue weighted by atomic mass is 32.2. The molecule has 7 nitrogen and oxygen atoms in total. The number of hydrogen-bond donors (Lipinski definition) is 1. The Balaban J connectivity index is 1.67. The van der Waals surface area contributed by atoms with E-state index in [-0.39, 0.29) is 11.8 Å². The maximum Gasteiger partial charge on any atom is 0.214 e. The van der Waals surface area contributed by atoms with Gasteiger partial charge in [-0.3, -0.25) is 0 Å². The zero-order valence-electron chi connectivity index (χ0n) is 14.8. The van der Waals surface area contributed by atoms with E-state index in [0.29, 0.717) is 26.1 Å². The van der Waals surface area contributed by atoms with E-state index in [9.17, 15) is 8.42 Å². The molecule has 1 N–H and O–H groups in total. The van der Waals surface area contributed by atoms with Crippen molar-refractivity contribution in [3.8, 4) is 0 Å². The topological polar surface area (TPSA) is 78.4 Å². The van der Waals surface area contributed by atoms with Crippen LogP contribution in [-0.4, -0.2) is 48.1 Å². The van der Waals surface area contributed by atoms with E-state index in [1.807, 2.05) is 25.2 Å². The fraction of sp³-hybridized carbons (Fsp3) is 0.444. The van der Waals surface area contributed by atoms with Gasteiger partial charge in [0, 0.05) is 32.7 Å². The summed E-state index contributed by atoms with van der Waals surface area (Å²) >= 11 is 0. The lowest BCUT2D eigenvalue weighted by Gasteiger charge is -2.33. The molecule has 138 valence electrons. The molecule has 1 atom stereocenters. The molecule has 2 aromatic rings. The second-order valence-electron chi connectivity index (χ2n) is 6.90. The first-order valence-corrected chi connectivity index (χ1v) is 10.5. The fourth-order valence-electron chi connectivity index (χ4n) is 3.75. The third-order valence-corrected chi connectivity index (χ3v) is 7.02. The first-order valence-electron chi connectivity index (χ1n) is 8.87. The van der Waals surface area contributed by atoms with Crippen molar-refractivity contribution >= 4 is 21.7 Å². The maximum absolute atomic E-state index is 12.6. The average molecular weight is 373 g/mol. The highest BCUT2D eigenvalue weighted by Gasteiger charge is 2.37. The van der Waals surface area contributed by atoms with Gasteiger partial charge in [0.15, 0.2) is 0 Å². The van der Waals surface area contributed by atoms with Gasteiger partial charge in [-0.15, -0.1) is 0 Å². The number of fused-ring (bicyclic) bond motifs is 2.